The molecule has 1 heterocycles. The molecular weight excluding hydrogens is 350 g/mol. The third kappa shape index (κ3) is 3.88. The smallest absolute Gasteiger partial charge is 0.227 e. The van der Waals surface area contributed by atoms with Gasteiger partial charge in [-0.15, -0.1) is 0 Å². The van der Waals surface area contributed by atoms with Crippen LogP contribution in [-0.2, 0) is 6.42 Å². The van der Waals surface area contributed by atoms with Crippen molar-refractivity contribution in [2.75, 3.05) is 19.5 Å². The molecule has 5 nitrogen and oxygen atoms in total. The SMILES string of the molecule is COc1cc2cnc(Nc3ccc(Cc4ccccc4)cc3)nc2cc1OC. The van der Waals surface area contributed by atoms with E-state index in [-0.39, 0.29) is 0 Å². The molecule has 0 saturated heterocycles. The van der Waals surface area contributed by atoms with Gasteiger partial charge in [-0.05, 0) is 35.7 Å². The highest BCUT2D eigenvalue weighted by molar-refractivity contribution is 5.83. The number of hydrogen-bond donors (Lipinski definition) is 1. The van der Waals surface area contributed by atoms with Crippen LogP contribution in [-0.4, -0.2) is 24.2 Å². The predicted molar refractivity (Wildman–Crippen MR) is 112 cm³/mol. The number of nitrogens with zero attached hydrogens (tertiary/aromatic N) is 2. The van der Waals surface area contributed by atoms with Crippen LogP contribution < -0.4 is 14.8 Å². The minimum atomic E-state index is 0.538. The van der Waals surface area contributed by atoms with Gasteiger partial charge in [-0.2, -0.15) is 0 Å². The molecule has 0 radical (unpaired) electrons. The lowest BCUT2D eigenvalue weighted by Crippen LogP contribution is -1.98. The van der Waals surface area contributed by atoms with Gasteiger partial charge in [0, 0.05) is 23.3 Å². The molecule has 140 valence electrons. The summed E-state index contributed by atoms with van der Waals surface area (Å²) in [4.78, 5) is 8.99. The van der Waals surface area contributed by atoms with Gasteiger partial charge in [-0.3, -0.25) is 0 Å². The second-order valence-corrected chi connectivity index (χ2v) is 6.44. The lowest BCUT2D eigenvalue weighted by molar-refractivity contribution is 0.356. The van der Waals surface area contributed by atoms with Gasteiger partial charge in [-0.1, -0.05) is 42.5 Å². The monoisotopic (exact) mass is 371 g/mol. The normalized spacial score (nSPS) is 10.6. The molecule has 4 aromatic rings. The highest BCUT2D eigenvalue weighted by Crippen LogP contribution is 2.31. The predicted octanol–water partition coefficient (Wildman–Crippen LogP) is 4.98. The molecule has 28 heavy (non-hydrogen) atoms. The summed E-state index contributed by atoms with van der Waals surface area (Å²) in [5.74, 6) is 1.84. The van der Waals surface area contributed by atoms with E-state index in [1.54, 1.807) is 20.4 Å². The molecule has 0 aliphatic rings. The summed E-state index contributed by atoms with van der Waals surface area (Å²) in [6.45, 7) is 0. The van der Waals surface area contributed by atoms with Crippen molar-refractivity contribution in [2.24, 2.45) is 0 Å². The van der Waals surface area contributed by atoms with Gasteiger partial charge >= 0.3 is 0 Å². The molecule has 4 rings (SSSR count). The summed E-state index contributed by atoms with van der Waals surface area (Å²) in [5.41, 5.74) is 4.28. The van der Waals surface area contributed by atoms with Crippen molar-refractivity contribution in [3.8, 4) is 11.5 Å². The molecule has 5 heteroatoms. The number of methoxy groups -OCH3 is 2. The molecule has 3 aromatic carbocycles. The molecule has 0 spiro atoms. The van der Waals surface area contributed by atoms with E-state index in [9.17, 15) is 0 Å². The summed E-state index contributed by atoms with van der Waals surface area (Å²) in [6.07, 6.45) is 2.69. The fourth-order valence-electron chi connectivity index (χ4n) is 3.08. The van der Waals surface area contributed by atoms with E-state index < -0.39 is 0 Å². The highest BCUT2D eigenvalue weighted by Gasteiger charge is 2.08. The molecule has 0 atom stereocenters. The van der Waals surface area contributed by atoms with Gasteiger partial charge in [0.05, 0.1) is 19.7 Å². The van der Waals surface area contributed by atoms with Gasteiger partial charge in [0.1, 0.15) is 0 Å². The van der Waals surface area contributed by atoms with Crippen LogP contribution in [0.1, 0.15) is 11.1 Å². The number of nitrogens with one attached hydrogen (secondary N) is 1. The van der Waals surface area contributed by atoms with Crippen molar-refractivity contribution in [2.45, 2.75) is 6.42 Å². The zero-order chi connectivity index (χ0) is 19.3. The van der Waals surface area contributed by atoms with Crippen molar-refractivity contribution >= 4 is 22.5 Å². The Balaban J connectivity index is 1.52. The first-order chi connectivity index (χ1) is 13.7. The van der Waals surface area contributed by atoms with Crippen LogP contribution in [0.4, 0.5) is 11.6 Å². The van der Waals surface area contributed by atoms with E-state index in [1.165, 1.54) is 11.1 Å². The zero-order valence-corrected chi connectivity index (χ0v) is 15.8. The first-order valence-electron chi connectivity index (χ1n) is 9.04. The molecule has 0 aliphatic carbocycles. The Morgan fingerprint density at radius 1 is 0.821 bits per heavy atom. The molecule has 0 fully saturated rings. The largest absolute Gasteiger partial charge is 0.493 e. The number of benzene rings is 3. The van der Waals surface area contributed by atoms with Crippen molar-refractivity contribution in [3.05, 3.63) is 84.1 Å². The van der Waals surface area contributed by atoms with E-state index in [4.69, 9.17) is 9.47 Å². The second kappa shape index (κ2) is 7.96. The summed E-state index contributed by atoms with van der Waals surface area (Å²) >= 11 is 0. The van der Waals surface area contributed by atoms with Crippen molar-refractivity contribution in [1.29, 1.82) is 0 Å². The van der Waals surface area contributed by atoms with Gasteiger partial charge in [0.15, 0.2) is 11.5 Å². The number of anilines is 2. The maximum atomic E-state index is 5.36. The zero-order valence-electron chi connectivity index (χ0n) is 15.8. The average molecular weight is 371 g/mol. The minimum absolute atomic E-state index is 0.538. The molecule has 1 aromatic heterocycles. The lowest BCUT2D eigenvalue weighted by atomic mass is 10.0. The number of ether oxygens (including phenoxy) is 2. The van der Waals surface area contributed by atoms with E-state index in [0.717, 1.165) is 23.0 Å². The number of rotatable bonds is 6. The van der Waals surface area contributed by atoms with Crippen molar-refractivity contribution < 1.29 is 9.47 Å². The molecule has 1 N–H and O–H groups in total. The van der Waals surface area contributed by atoms with Crippen LogP contribution in [0.2, 0.25) is 0 Å². The summed E-state index contributed by atoms with van der Waals surface area (Å²) in [6, 6.07) is 22.5. The molecule has 0 amide bonds. The lowest BCUT2D eigenvalue weighted by Gasteiger charge is -2.10. The highest BCUT2D eigenvalue weighted by atomic mass is 16.5. The van der Waals surface area contributed by atoms with Crippen LogP contribution in [0.15, 0.2) is 72.9 Å². The third-order valence-corrected chi connectivity index (χ3v) is 4.55. The van der Waals surface area contributed by atoms with Crippen LogP contribution in [0.3, 0.4) is 0 Å². The molecule has 0 saturated carbocycles. The number of aromatic nitrogens is 2. The van der Waals surface area contributed by atoms with Crippen LogP contribution in [0.25, 0.3) is 10.9 Å². The van der Waals surface area contributed by atoms with E-state index in [2.05, 4.69) is 51.7 Å². The molecule has 0 unspecified atom stereocenters. The van der Waals surface area contributed by atoms with Crippen molar-refractivity contribution in [1.82, 2.24) is 9.97 Å². The Hall–Kier alpha value is -3.60. The van der Waals surface area contributed by atoms with Gasteiger partial charge in [0.25, 0.3) is 0 Å². The minimum Gasteiger partial charge on any atom is -0.493 e. The first kappa shape index (κ1) is 17.8. The fourth-order valence-corrected chi connectivity index (χ4v) is 3.08. The summed E-state index contributed by atoms with van der Waals surface area (Å²) in [7, 11) is 3.23. The Bertz CT molecular complexity index is 1080. The summed E-state index contributed by atoms with van der Waals surface area (Å²) < 4.78 is 10.7. The van der Waals surface area contributed by atoms with Crippen LogP contribution >= 0.6 is 0 Å². The van der Waals surface area contributed by atoms with Gasteiger partial charge in [-0.25, -0.2) is 9.97 Å². The van der Waals surface area contributed by atoms with E-state index in [0.29, 0.717) is 17.4 Å². The van der Waals surface area contributed by atoms with E-state index >= 15 is 0 Å². The standard InChI is InChI=1S/C23H21N3O2/c1-27-21-13-18-15-24-23(26-20(18)14-22(21)28-2)25-19-10-8-17(9-11-19)12-16-6-4-3-5-7-16/h3-11,13-15H,12H2,1-2H3,(H,24,25,26). The molecule has 0 aliphatic heterocycles. The second-order valence-electron chi connectivity index (χ2n) is 6.44. The average Bonchev–Trinajstić information content (AvgIpc) is 2.75. The maximum Gasteiger partial charge on any atom is 0.227 e. The Kier molecular flexibility index (Phi) is 5.06. The molecule has 0 bridgehead atoms. The Morgan fingerprint density at radius 3 is 2.21 bits per heavy atom. The quantitative estimate of drug-likeness (QED) is 0.518. The van der Waals surface area contributed by atoms with Gasteiger partial charge in [0.2, 0.25) is 5.95 Å². The number of fused-ring (bicyclic) bond motifs is 1. The van der Waals surface area contributed by atoms with Crippen LogP contribution in [0.5, 0.6) is 11.5 Å². The van der Waals surface area contributed by atoms with E-state index in [1.807, 2.05) is 30.3 Å². The Morgan fingerprint density at radius 2 is 1.50 bits per heavy atom. The Labute approximate surface area is 164 Å². The van der Waals surface area contributed by atoms with Crippen molar-refractivity contribution in [3.63, 3.8) is 0 Å². The van der Waals surface area contributed by atoms with Gasteiger partial charge < -0.3 is 14.8 Å². The summed E-state index contributed by atoms with van der Waals surface area (Å²) in [5, 5.41) is 4.15. The maximum absolute atomic E-state index is 5.36. The number of hydrogen-bond acceptors (Lipinski definition) is 5. The third-order valence-electron chi connectivity index (χ3n) is 4.55. The topological polar surface area (TPSA) is 56.3 Å². The van der Waals surface area contributed by atoms with Crippen LogP contribution in [0, 0.1) is 0 Å². The molecular formula is C23H21N3O2. The first-order valence-corrected chi connectivity index (χ1v) is 9.04. The fraction of sp³-hybridized carbons (Fsp3) is 0.130.